The van der Waals surface area contributed by atoms with E-state index in [1.807, 2.05) is 26.0 Å². The molecule has 1 amide bonds. The number of hydrogen-bond acceptors (Lipinski definition) is 6. The molecule has 0 radical (unpaired) electrons. The van der Waals surface area contributed by atoms with Crippen LogP contribution in [0.2, 0.25) is 0 Å². The van der Waals surface area contributed by atoms with Crippen molar-refractivity contribution in [2.24, 2.45) is 0 Å². The molecule has 19 heavy (non-hydrogen) atoms. The highest BCUT2D eigenvalue weighted by atomic mass is 32.1. The number of thiophene rings is 1. The molecule has 2 aromatic heterocycles. The number of aryl methyl sites for hydroxylation is 1. The minimum Gasteiger partial charge on any atom is -0.382 e. The van der Waals surface area contributed by atoms with E-state index < -0.39 is 0 Å². The van der Waals surface area contributed by atoms with Crippen LogP contribution in [0.1, 0.15) is 26.3 Å². The fourth-order valence-corrected chi connectivity index (χ4v) is 3.25. The maximum atomic E-state index is 12.0. The maximum Gasteiger partial charge on any atom is 0.265 e. The second kappa shape index (κ2) is 6.03. The fraction of sp³-hybridized carbons (Fsp3) is 0.333. The molecule has 0 aliphatic carbocycles. The Kier molecular flexibility index (Phi) is 4.39. The quantitative estimate of drug-likeness (QED) is 0.792. The molecule has 0 saturated carbocycles. The highest BCUT2D eigenvalue weighted by Crippen LogP contribution is 2.24. The third-order valence-electron chi connectivity index (χ3n) is 2.41. The van der Waals surface area contributed by atoms with Crippen molar-refractivity contribution in [3.63, 3.8) is 0 Å². The van der Waals surface area contributed by atoms with Gasteiger partial charge in [0.05, 0.1) is 6.54 Å². The van der Waals surface area contributed by atoms with Gasteiger partial charge in [-0.1, -0.05) is 11.3 Å². The SMILES string of the molecule is CCNc1nc(N)c(C(=O)NCc2ccc(C)s2)s1. The molecule has 102 valence electrons. The minimum absolute atomic E-state index is 0.176. The molecule has 0 unspecified atom stereocenters. The summed E-state index contributed by atoms with van der Waals surface area (Å²) in [5.41, 5.74) is 5.75. The van der Waals surface area contributed by atoms with Gasteiger partial charge in [-0.25, -0.2) is 4.98 Å². The topological polar surface area (TPSA) is 80.0 Å². The molecule has 0 saturated heterocycles. The van der Waals surface area contributed by atoms with Gasteiger partial charge in [0, 0.05) is 16.3 Å². The zero-order valence-corrected chi connectivity index (χ0v) is 12.5. The maximum absolute atomic E-state index is 12.0. The van der Waals surface area contributed by atoms with E-state index in [1.165, 1.54) is 16.2 Å². The van der Waals surface area contributed by atoms with E-state index >= 15 is 0 Å². The average Bonchev–Trinajstić information content (AvgIpc) is 2.93. The Balaban J connectivity index is 1.99. The van der Waals surface area contributed by atoms with Crippen LogP contribution < -0.4 is 16.4 Å². The monoisotopic (exact) mass is 296 g/mol. The summed E-state index contributed by atoms with van der Waals surface area (Å²) in [5.74, 6) is 0.103. The summed E-state index contributed by atoms with van der Waals surface area (Å²) in [4.78, 5) is 18.9. The van der Waals surface area contributed by atoms with Crippen molar-refractivity contribution in [3.8, 4) is 0 Å². The van der Waals surface area contributed by atoms with Crippen molar-refractivity contribution in [1.82, 2.24) is 10.3 Å². The summed E-state index contributed by atoms with van der Waals surface area (Å²) in [6.45, 7) is 5.28. The third-order valence-corrected chi connectivity index (χ3v) is 4.44. The number of anilines is 2. The molecule has 2 heterocycles. The number of nitrogens with two attached hydrogens (primary N) is 1. The lowest BCUT2D eigenvalue weighted by molar-refractivity contribution is 0.0956. The molecular weight excluding hydrogens is 280 g/mol. The first-order chi connectivity index (χ1) is 9.10. The zero-order valence-electron chi connectivity index (χ0n) is 10.8. The first kappa shape index (κ1) is 13.8. The summed E-state index contributed by atoms with van der Waals surface area (Å²) < 4.78 is 0. The molecule has 0 bridgehead atoms. The number of nitrogens with zero attached hydrogens (tertiary/aromatic N) is 1. The number of hydrogen-bond donors (Lipinski definition) is 3. The Hall–Kier alpha value is -1.60. The highest BCUT2D eigenvalue weighted by molar-refractivity contribution is 7.18. The molecule has 0 aliphatic rings. The van der Waals surface area contributed by atoms with Gasteiger partial charge in [-0.15, -0.1) is 11.3 Å². The molecule has 5 nitrogen and oxygen atoms in total. The van der Waals surface area contributed by atoms with Gasteiger partial charge < -0.3 is 16.4 Å². The molecular formula is C12H16N4OS2. The lowest BCUT2D eigenvalue weighted by Crippen LogP contribution is -2.22. The Morgan fingerprint density at radius 2 is 2.21 bits per heavy atom. The normalized spacial score (nSPS) is 10.4. The van der Waals surface area contributed by atoms with E-state index in [-0.39, 0.29) is 11.7 Å². The van der Waals surface area contributed by atoms with Crippen molar-refractivity contribution in [2.45, 2.75) is 20.4 Å². The smallest absolute Gasteiger partial charge is 0.265 e. The molecule has 4 N–H and O–H groups in total. The standard InChI is InChI=1S/C12H16N4OS2/c1-3-14-12-16-10(13)9(19-12)11(17)15-6-8-5-4-7(2)18-8/h4-5H,3,6,13H2,1-2H3,(H,14,16)(H,15,17). The van der Waals surface area contributed by atoms with Gasteiger partial charge in [0.25, 0.3) is 5.91 Å². The first-order valence-electron chi connectivity index (χ1n) is 5.93. The van der Waals surface area contributed by atoms with Crippen LogP contribution in [0.25, 0.3) is 0 Å². The molecule has 0 fully saturated rings. The van der Waals surface area contributed by atoms with Crippen molar-refractivity contribution in [3.05, 3.63) is 26.8 Å². The summed E-state index contributed by atoms with van der Waals surface area (Å²) >= 11 is 2.95. The van der Waals surface area contributed by atoms with Crippen LogP contribution in [-0.2, 0) is 6.54 Å². The van der Waals surface area contributed by atoms with E-state index in [4.69, 9.17) is 5.73 Å². The number of thiazole rings is 1. The zero-order chi connectivity index (χ0) is 13.8. The molecule has 2 aromatic rings. The van der Waals surface area contributed by atoms with Gasteiger partial charge in [-0.05, 0) is 26.0 Å². The van der Waals surface area contributed by atoms with Gasteiger partial charge in [0.2, 0.25) is 0 Å². The fourth-order valence-electron chi connectivity index (χ4n) is 1.55. The number of nitrogens with one attached hydrogen (secondary N) is 2. The summed E-state index contributed by atoms with van der Waals surface area (Å²) in [7, 11) is 0. The highest BCUT2D eigenvalue weighted by Gasteiger charge is 2.15. The summed E-state index contributed by atoms with van der Waals surface area (Å²) in [5, 5.41) is 6.59. The van der Waals surface area contributed by atoms with E-state index in [0.717, 1.165) is 11.4 Å². The Labute approximate surface area is 119 Å². The van der Waals surface area contributed by atoms with E-state index in [2.05, 4.69) is 15.6 Å². The molecule has 0 atom stereocenters. The summed E-state index contributed by atoms with van der Waals surface area (Å²) in [6.07, 6.45) is 0. The third kappa shape index (κ3) is 3.45. The van der Waals surface area contributed by atoms with Crippen LogP contribution >= 0.6 is 22.7 Å². The van der Waals surface area contributed by atoms with Crippen LogP contribution in [0.15, 0.2) is 12.1 Å². The van der Waals surface area contributed by atoms with Crippen LogP contribution in [0, 0.1) is 6.92 Å². The molecule has 0 aromatic carbocycles. The second-order valence-electron chi connectivity index (χ2n) is 3.96. The lowest BCUT2D eigenvalue weighted by atomic mass is 10.4. The molecule has 7 heteroatoms. The molecule has 2 rings (SSSR count). The van der Waals surface area contributed by atoms with Gasteiger partial charge in [-0.3, -0.25) is 4.79 Å². The van der Waals surface area contributed by atoms with Crippen LogP contribution in [0.5, 0.6) is 0 Å². The minimum atomic E-state index is -0.176. The number of carbonyl (C=O) groups is 1. The number of nitrogen functional groups attached to an aromatic ring is 1. The average molecular weight is 296 g/mol. The van der Waals surface area contributed by atoms with Crippen LogP contribution in [0.3, 0.4) is 0 Å². The Bertz CT molecular complexity index is 576. The molecule has 0 aliphatic heterocycles. The van der Waals surface area contributed by atoms with Crippen LogP contribution in [0.4, 0.5) is 10.9 Å². The second-order valence-corrected chi connectivity index (χ2v) is 6.33. The van der Waals surface area contributed by atoms with Crippen molar-refractivity contribution < 1.29 is 4.79 Å². The van der Waals surface area contributed by atoms with Crippen molar-refractivity contribution >= 4 is 39.5 Å². The number of rotatable bonds is 5. The predicted octanol–water partition coefficient (Wildman–Crippen LogP) is 2.46. The van der Waals surface area contributed by atoms with E-state index in [1.54, 1.807) is 11.3 Å². The Morgan fingerprint density at radius 1 is 1.42 bits per heavy atom. The van der Waals surface area contributed by atoms with Crippen molar-refractivity contribution in [1.29, 1.82) is 0 Å². The van der Waals surface area contributed by atoms with Gasteiger partial charge in [0.15, 0.2) is 5.13 Å². The van der Waals surface area contributed by atoms with Crippen LogP contribution in [-0.4, -0.2) is 17.4 Å². The Morgan fingerprint density at radius 3 is 2.84 bits per heavy atom. The lowest BCUT2D eigenvalue weighted by Gasteiger charge is -2.01. The first-order valence-corrected chi connectivity index (χ1v) is 7.57. The van der Waals surface area contributed by atoms with E-state index in [0.29, 0.717) is 16.6 Å². The summed E-state index contributed by atoms with van der Waals surface area (Å²) in [6, 6.07) is 4.05. The van der Waals surface area contributed by atoms with Gasteiger partial charge >= 0.3 is 0 Å². The number of carbonyl (C=O) groups excluding carboxylic acids is 1. The van der Waals surface area contributed by atoms with Gasteiger partial charge in [-0.2, -0.15) is 0 Å². The van der Waals surface area contributed by atoms with Gasteiger partial charge in [0.1, 0.15) is 10.7 Å². The number of aromatic nitrogens is 1. The predicted molar refractivity (Wildman–Crippen MR) is 80.9 cm³/mol. The van der Waals surface area contributed by atoms with E-state index in [9.17, 15) is 4.79 Å². The number of amides is 1. The molecule has 0 spiro atoms. The largest absolute Gasteiger partial charge is 0.382 e. The van der Waals surface area contributed by atoms with Crippen molar-refractivity contribution in [2.75, 3.05) is 17.6 Å².